The SMILES string of the molecule is Cc1cc(-c2cnn3c(NCC4CCCO4)cc(NC4CCCC4)nc23)ccc1C(=O)NC1CC1. The molecule has 8 nitrogen and oxygen atoms in total. The molecule has 1 amide bonds. The number of anilines is 2. The molecule has 1 saturated heterocycles. The van der Waals surface area contributed by atoms with Crippen LogP contribution >= 0.6 is 0 Å². The van der Waals surface area contributed by atoms with Crippen molar-refractivity contribution in [1.82, 2.24) is 19.9 Å². The monoisotopic (exact) mass is 474 g/mol. The fourth-order valence-electron chi connectivity index (χ4n) is 5.25. The van der Waals surface area contributed by atoms with Gasteiger partial charge >= 0.3 is 0 Å². The van der Waals surface area contributed by atoms with E-state index in [2.05, 4.69) is 28.1 Å². The van der Waals surface area contributed by atoms with Gasteiger partial charge in [-0.05, 0) is 62.6 Å². The molecule has 1 aliphatic heterocycles. The van der Waals surface area contributed by atoms with E-state index < -0.39 is 0 Å². The van der Waals surface area contributed by atoms with Crippen LogP contribution in [0.1, 0.15) is 67.3 Å². The van der Waals surface area contributed by atoms with Crippen molar-refractivity contribution in [1.29, 1.82) is 0 Å². The summed E-state index contributed by atoms with van der Waals surface area (Å²) in [6.07, 6.45) is 11.4. The minimum Gasteiger partial charge on any atom is -0.376 e. The zero-order valence-corrected chi connectivity index (χ0v) is 20.3. The molecule has 1 aromatic carbocycles. The van der Waals surface area contributed by atoms with Crippen LogP contribution in [0.3, 0.4) is 0 Å². The van der Waals surface area contributed by atoms with Gasteiger partial charge in [-0.15, -0.1) is 0 Å². The van der Waals surface area contributed by atoms with Gasteiger partial charge in [0.2, 0.25) is 0 Å². The number of rotatable bonds is 8. The van der Waals surface area contributed by atoms with Gasteiger partial charge in [0, 0.05) is 42.4 Å². The molecule has 3 aromatic rings. The Morgan fingerprint density at radius 1 is 1.09 bits per heavy atom. The number of aromatic nitrogens is 3. The Kier molecular flexibility index (Phi) is 6.06. The van der Waals surface area contributed by atoms with Crippen LogP contribution in [0.2, 0.25) is 0 Å². The normalized spacial score (nSPS) is 20.4. The summed E-state index contributed by atoms with van der Waals surface area (Å²) in [7, 11) is 0. The largest absolute Gasteiger partial charge is 0.376 e. The Morgan fingerprint density at radius 2 is 1.94 bits per heavy atom. The summed E-state index contributed by atoms with van der Waals surface area (Å²) < 4.78 is 7.70. The predicted molar refractivity (Wildman–Crippen MR) is 137 cm³/mol. The first-order chi connectivity index (χ1) is 17.1. The maximum Gasteiger partial charge on any atom is 0.251 e. The molecule has 3 fully saturated rings. The summed E-state index contributed by atoms with van der Waals surface area (Å²) in [5.74, 6) is 1.80. The minimum atomic E-state index is 0.0122. The van der Waals surface area contributed by atoms with E-state index >= 15 is 0 Å². The number of benzene rings is 1. The third-order valence-corrected chi connectivity index (χ3v) is 7.41. The second kappa shape index (κ2) is 9.49. The van der Waals surface area contributed by atoms with E-state index in [-0.39, 0.29) is 12.0 Å². The minimum absolute atomic E-state index is 0.0122. The Labute approximate surface area is 205 Å². The van der Waals surface area contributed by atoms with Crippen molar-refractivity contribution in [3.63, 3.8) is 0 Å². The number of fused-ring (bicyclic) bond motifs is 1. The predicted octanol–water partition coefficient (Wildman–Crippen LogP) is 4.54. The number of carbonyl (C=O) groups excluding carboxylic acids is 1. The van der Waals surface area contributed by atoms with Crippen molar-refractivity contribution < 1.29 is 9.53 Å². The molecule has 3 heterocycles. The van der Waals surface area contributed by atoms with Gasteiger partial charge in [0.15, 0.2) is 5.65 Å². The van der Waals surface area contributed by atoms with Gasteiger partial charge in [-0.25, -0.2) is 4.98 Å². The van der Waals surface area contributed by atoms with Gasteiger partial charge in [-0.3, -0.25) is 4.79 Å². The third kappa shape index (κ3) is 4.85. The molecule has 6 rings (SSSR count). The van der Waals surface area contributed by atoms with Crippen molar-refractivity contribution in [2.24, 2.45) is 0 Å². The zero-order chi connectivity index (χ0) is 23.8. The standard InChI is InChI=1S/C27H34N6O2/c1-17-13-18(8-11-22(17)27(34)31-20-9-10-20)23-16-29-33-25(28-15-21-7-4-12-35-21)14-24(32-26(23)33)30-19-5-2-3-6-19/h8,11,13-14,16,19-21,28H,2-7,9-10,12,15H2,1H3,(H,30,32)(H,31,34). The molecule has 0 spiro atoms. The van der Waals surface area contributed by atoms with Crippen LogP contribution in [0, 0.1) is 6.92 Å². The molecule has 2 aromatic heterocycles. The molecule has 2 aliphatic carbocycles. The maximum absolute atomic E-state index is 12.6. The highest BCUT2D eigenvalue weighted by molar-refractivity contribution is 5.97. The summed E-state index contributed by atoms with van der Waals surface area (Å²) in [5.41, 5.74) is 4.45. The second-order valence-corrected chi connectivity index (χ2v) is 10.2. The smallest absolute Gasteiger partial charge is 0.251 e. The van der Waals surface area contributed by atoms with Gasteiger partial charge in [-0.1, -0.05) is 25.0 Å². The molecule has 8 heteroatoms. The molecule has 3 aliphatic rings. The molecule has 2 saturated carbocycles. The lowest BCUT2D eigenvalue weighted by Gasteiger charge is -2.17. The average Bonchev–Trinajstić information content (AvgIpc) is 3.26. The van der Waals surface area contributed by atoms with Crippen molar-refractivity contribution in [3.8, 4) is 11.1 Å². The second-order valence-electron chi connectivity index (χ2n) is 10.2. The van der Waals surface area contributed by atoms with Gasteiger partial charge in [-0.2, -0.15) is 9.61 Å². The fourth-order valence-corrected chi connectivity index (χ4v) is 5.25. The van der Waals surface area contributed by atoms with Crippen LogP contribution in [0.4, 0.5) is 11.6 Å². The van der Waals surface area contributed by atoms with Crippen molar-refractivity contribution in [3.05, 3.63) is 41.6 Å². The number of amides is 1. The average molecular weight is 475 g/mol. The highest BCUT2D eigenvalue weighted by atomic mass is 16.5. The lowest BCUT2D eigenvalue weighted by Crippen LogP contribution is -2.26. The summed E-state index contributed by atoms with van der Waals surface area (Å²) in [6.45, 7) is 3.58. The van der Waals surface area contributed by atoms with E-state index in [4.69, 9.17) is 14.8 Å². The molecular weight excluding hydrogens is 440 g/mol. The molecule has 35 heavy (non-hydrogen) atoms. The first-order valence-electron chi connectivity index (χ1n) is 13.1. The highest BCUT2D eigenvalue weighted by Crippen LogP contribution is 2.30. The van der Waals surface area contributed by atoms with Gasteiger partial charge in [0.1, 0.15) is 11.6 Å². The molecule has 0 radical (unpaired) electrons. The first-order valence-corrected chi connectivity index (χ1v) is 13.1. The number of carbonyl (C=O) groups is 1. The number of ether oxygens (including phenoxy) is 1. The molecule has 0 bridgehead atoms. The van der Waals surface area contributed by atoms with E-state index in [0.29, 0.717) is 12.1 Å². The first kappa shape index (κ1) is 22.3. The van der Waals surface area contributed by atoms with Crippen LogP contribution in [0.5, 0.6) is 0 Å². The lowest BCUT2D eigenvalue weighted by molar-refractivity contribution is 0.0950. The Bertz CT molecular complexity index is 1220. The fraction of sp³-hybridized carbons (Fsp3) is 0.519. The Morgan fingerprint density at radius 3 is 2.69 bits per heavy atom. The zero-order valence-electron chi connectivity index (χ0n) is 20.3. The number of aryl methyl sites for hydroxylation is 1. The van der Waals surface area contributed by atoms with Gasteiger partial charge in [0.25, 0.3) is 5.91 Å². The number of hydrogen-bond acceptors (Lipinski definition) is 6. The van der Waals surface area contributed by atoms with Gasteiger partial charge < -0.3 is 20.7 Å². The summed E-state index contributed by atoms with van der Waals surface area (Å²) in [4.78, 5) is 17.6. The lowest BCUT2D eigenvalue weighted by atomic mass is 10.0. The molecule has 1 atom stereocenters. The molecule has 3 N–H and O–H groups in total. The van der Waals surface area contributed by atoms with Crippen LogP contribution < -0.4 is 16.0 Å². The molecule has 1 unspecified atom stereocenters. The van der Waals surface area contributed by atoms with Crippen molar-refractivity contribution >= 4 is 23.2 Å². The number of nitrogens with one attached hydrogen (secondary N) is 3. The molecule has 184 valence electrons. The van der Waals surface area contributed by atoms with Gasteiger partial charge in [0.05, 0.1) is 12.3 Å². The maximum atomic E-state index is 12.6. The van der Waals surface area contributed by atoms with E-state index in [9.17, 15) is 4.79 Å². The van der Waals surface area contributed by atoms with E-state index in [1.165, 1.54) is 25.7 Å². The highest BCUT2D eigenvalue weighted by Gasteiger charge is 2.25. The van der Waals surface area contributed by atoms with Crippen LogP contribution in [-0.2, 0) is 4.74 Å². The summed E-state index contributed by atoms with van der Waals surface area (Å²) >= 11 is 0. The Hall–Kier alpha value is -3.13. The summed E-state index contributed by atoms with van der Waals surface area (Å²) in [5, 5.41) is 15.0. The van der Waals surface area contributed by atoms with E-state index in [1.54, 1.807) is 0 Å². The van der Waals surface area contributed by atoms with E-state index in [1.807, 2.05) is 29.8 Å². The van der Waals surface area contributed by atoms with Crippen LogP contribution in [0.15, 0.2) is 30.5 Å². The quantitative estimate of drug-likeness (QED) is 0.444. The summed E-state index contributed by atoms with van der Waals surface area (Å²) in [6, 6.07) is 8.86. The number of nitrogens with zero attached hydrogens (tertiary/aromatic N) is 3. The third-order valence-electron chi connectivity index (χ3n) is 7.41. The Balaban J connectivity index is 1.32. The van der Waals surface area contributed by atoms with Crippen molar-refractivity contribution in [2.75, 3.05) is 23.8 Å². The van der Waals surface area contributed by atoms with Crippen LogP contribution in [0.25, 0.3) is 16.8 Å². The molecular formula is C27H34N6O2. The van der Waals surface area contributed by atoms with Crippen LogP contribution in [-0.4, -0.2) is 51.8 Å². The van der Waals surface area contributed by atoms with Crippen molar-refractivity contribution in [2.45, 2.75) is 76.5 Å². The topological polar surface area (TPSA) is 92.6 Å². The van der Waals surface area contributed by atoms with E-state index in [0.717, 1.165) is 78.4 Å². The number of hydrogen-bond donors (Lipinski definition) is 3.